The van der Waals surface area contributed by atoms with Gasteiger partial charge in [0.05, 0.1) is 17.7 Å². The van der Waals surface area contributed by atoms with E-state index >= 15 is 0 Å². The molecule has 3 aromatic heterocycles. The zero-order chi connectivity index (χ0) is 21.6. The second-order valence-electron chi connectivity index (χ2n) is 6.64. The molecule has 0 saturated heterocycles. The Kier molecular flexibility index (Phi) is 6.18. The highest BCUT2D eigenvalue weighted by Gasteiger charge is 2.17. The molecule has 4 rings (SSSR count). The van der Waals surface area contributed by atoms with Crippen LogP contribution in [-0.2, 0) is 11.8 Å². The number of rotatable bonds is 7. The summed E-state index contributed by atoms with van der Waals surface area (Å²) in [5.41, 5.74) is 5.97. The van der Waals surface area contributed by atoms with Gasteiger partial charge in [-0.15, -0.1) is 10.2 Å². The number of aryl methyl sites for hydroxylation is 2. The number of pyridine rings is 1. The largest absolute Gasteiger partial charge is 0.275 e. The van der Waals surface area contributed by atoms with E-state index in [2.05, 4.69) is 30.8 Å². The molecule has 0 radical (unpaired) electrons. The number of benzene rings is 1. The van der Waals surface area contributed by atoms with Gasteiger partial charge in [-0.25, -0.2) is 5.43 Å². The number of hydrogen-bond acceptors (Lipinski definition) is 7. The van der Waals surface area contributed by atoms with Crippen molar-refractivity contribution in [2.75, 3.05) is 5.75 Å². The molecule has 0 saturated carbocycles. The van der Waals surface area contributed by atoms with E-state index in [0.29, 0.717) is 11.0 Å². The molecule has 1 N–H and O–H groups in total. The minimum atomic E-state index is -0.242. The fraction of sp³-hybridized carbons (Fsp3) is 0.143. The van der Waals surface area contributed by atoms with Gasteiger partial charge in [-0.3, -0.25) is 19.0 Å². The Labute approximate surface area is 183 Å². The normalized spacial score (nSPS) is 11.2. The van der Waals surface area contributed by atoms with Gasteiger partial charge in [-0.2, -0.15) is 10.2 Å². The summed E-state index contributed by atoms with van der Waals surface area (Å²) in [4.78, 5) is 16.5. The lowest BCUT2D eigenvalue weighted by atomic mass is 10.2. The van der Waals surface area contributed by atoms with Crippen LogP contribution >= 0.6 is 11.8 Å². The van der Waals surface area contributed by atoms with Gasteiger partial charge >= 0.3 is 0 Å². The molecule has 10 heteroatoms. The molecule has 156 valence electrons. The van der Waals surface area contributed by atoms with Gasteiger partial charge in [0.1, 0.15) is 0 Å². The van der Waals surface area contributed by atoms with Crippen molar-refractivity contribution < 1.29 is 4.79 Å². The summed E-state index contributed by atoms with van der Waals surface area (Å²) < 4.78 is 3.61. The van der Waals surface area contributed by atoms with Crippen LogP contribution in [0, 0.1) is 6.92 Å². The van der Waals surface area contributed by atoms with Crippen molar-refractivity contribution in [2.45, 2.75) is 12.1 Å². The molecule has 4 aromatic rings. The SMILES string of the molecule is Cc1nn(C)cc1/C=N/NC(=O)CSc1nnc(-c2cccnc2)n1-c1ccccc1. The number of carbonyl (C=O) groups is 1. The second kappa shape index (κ2) is 9.35. The van der Waals surface area contributed by atoms with Crippen molar-refractivity contribution >= 4 is 23.9 Å². The van der Waals surface area contributed by atoms with Crippen LogP contribution in [-0.4, -0.2) is 47.4 Å². The van der Waals surface area contributed by atoms with Crippen molar-refractivity contribution in [3.8, 4) is 17.1 Å². The van der Waals surface area contributed by atoms with Crippen LogP contribution in [0.15, 0.2) is 71.3 Å². The van der Waals surface area contributed by atoms with Gasteiger partial charge in [0, 0.05) is 42.5 Å². The third kappa shape index (κ3) is 4.86. The molecule has 0 spiro atoms. The Morgan fingerprint density at radius 2 is 2.03 bits per heavy atom. The number of nitrogens with zero attached hydrogens (tertiary/aromatic N) is 7. The predicted octanol–water partition coefficient (Wildman–Crippen LogP) is 2.61. The minimum absolute atomic E-state index is 0.140. The van der Waals surface area contributed by atoms with E-state index in [-0.39, 0.29) is 11.7 Å². The van der Waals surface area contributed by atoms with Crippen LogP contribution in [0.25, 0.3) is 17.1 Å². The highest BCUT2D eigenvalue weighted by molar-refractivity contribution is 7.99. The van der Waals surface area contributed by atoms with Crippen molar-refractivity contribution in [3.05, 3.63) is 72.3 Å². The Morgan fingerprint density at radius 3 is 2.74 bits per heavy atom. The average molecular weight is 433 g/mol. The maximum Gasteiger partial charge on any atom is 0.250 e. The van der Waals surface area contributed by atoms with Gasteiger partial charge in [0.25, 0.3) is 5.91 Å². The summed E-state index contributed by atoms with van der Waals surface area (Å²) in [5.74, 6) is 0.557. The molecule has 0 unspecified atom stereocenters. The number of carbonyl (C=O) groups excluding carboxylic acids is 1. The molecular weight excluding hydrogens is 412 g/mol. The molecule has 3 heterocycles. The number of amides is 1. The first-order valence-electron chi connectivity index (χ1n) is 9.48. The fourth-order valence-electron chi connectivity index (χ4n) is 2.94. The van der Waals surface area contributed by atoms with Crippen LogP contribution in [0.1, 0.15) is 11.3 Å². The molecule has 0 aliphatic rings. The summed E-state index contributed by atoms with van der Waals surface area (Å²) in [6.45, 7) is 1.88. The number of thioether (sulfide) groups is 1. The van der Waals surface area contributed by atoms with Gasteiger partial charge in [0.15, 0.2) is 11.0 Å². The van der Waals surface area contributed by atoms with E-state index in [4.69, 9.17) is 0 Å². The molecule has 31 heavy (non-hydrogen) atoms. The second-order valence-corrected chi connectivity index (χ2v) is 7.59. The fourth-order valence-corrected chi connectivity index (χ4v) is 3.68. The first kappa shape index (κ1) is 20.5. The van der Waals surface area contributed by atoms with Crippen molar-refractivity contribution in [3.63, 3.8) is 0 Å². The summed E-state index contributed by atoms with van der Waals surface area (Å²) in [6, 6.07) is 13.5. The van der Waals surface area contributed by atoms with E-state index in [1.807, 2.05) is 67.2 Å². The maximum atomic E-state index is 12.3. The Balaban J connectivity index is 1.49. The molecule has 1 aromatic carbocycles. The van der Waals surface area contributed by atoms with E-state index in [1.54, 1.807) is 23.3 Å². The average Bonchev–Trinajstić information content (AvgIpc) is 3.36. The first-order chi connectivity index (χ1) is 15.1. The predicted molar refractivity (Wildman–Crippen MR) is 119 cm³/mol. The number of hydrazone groups is 1. The third-order valence-corrected chi connectivity index (χ3v) is 5.27. The Bertz CT molecular complexity index is 1200. The van der Waals surface area contributed by atoms with E-state index in [1.165, 1.54) is 11.8 Å². The molecule has 0 aliphatic carbocycles. The lowest BCUT2D eigenvalue weighted by molar-refractivity contribution is -0.118. The highest BCUT2D eigenvalue weighted by atomic mass is 32.2. The Morgan fingerprint density at radius 1 is 1.19 bits per heavy atom. The van der Waals surface area contributed by atoms with Crippen LogP contribution in [0.5, 0.6) is 0 Å². The van der Waals surface area contributed by atoms with Crippen LogP contribution in [0.2, 0.25) is 0 Å². The molecule has 1 amide bonds. The van der Waals surface area contributed by atoms with Crippen molar-refractivity contribution in [2.24, 2.45) is 12.1 Å². The lowest BCUT2D eigenvalue weighted by Crippen LogP contribution is -2.20. The summed E-state index contributed by atoms with van der Waals surface area (Å²) in [7, 11) is 1.84. The van der Waals surface area contributed by atoms with E-state index in [0.717, 1.165) is 22.5 Å². The quantitative estimate of drug-likeness (QED) is 0.274. The Hall–Kier alpha value is -3.79. The third-order valence-electron chi connectivity index (χ3n) is 4.34. The zero-order valence-corrected chi connectivity index (χ0v) is 17.8. The summed E-state index contributed by atoms with van der Waals surface area (Å²) in [6.07, 6.45) is 6.86. The maximum absolute atomic E-state index is 12.3. The topological polar surface area (TPSA) is 103 Å². The van der Waals surface area contributed by atoms with Gasteiger partial charge in [-0.05, 0) is 31.2 Å². The molecule has 0 fully saturated rings. The minimum Gasteiger partial charge on any atom is -0.275 e. The molecule has 0 atom stereocenters. The molecule has 0 bridgehead atoms. The number of hydrogen-bond donors (Lipinski definition) is 1. The molecular formula is C21H20N8OS. The zero-order valence-electron chi connectivity index (χ0n) is 17.0. The van der Waals surface area contributed by atoms with E-state index < -0.39 is 0 Å². The molecule has 0 aliphatic heterocycles. The number of nitrogens with one attached hydrogen (secondary N) is 1. The number of para-hydroxylation sites is 1. The van der Waals surface area contributed by atoms with Gasteiger partial charge in [0.2, 0.25) is 0 Å². The standard InChI is InChI=1S/C21H20N8OS/c1-15-17(13-28(2)27-15)12-23-24-19(30)14-31-21-26-25-20(16-7-6-10-22-11-16)29(21)18-8-4-3-5-9-18/h3-13H,14H2,1-2H3,(H,24,30)/b23-12+. The van der Waals surface area contributed by atoms with Crippen molar-refractivity contribution in [1.29, 1.82) is 0 Å². The summed E-state index contributed by atoms with van der Waals surface area (Å²) in [5, 5.41) is 17.5. The van der Waals surface area contributed by atoms with Crippen LogP contribution in [0.4, 0.5) is 0 Å². The lowest BCUT2D eigenvalue weighted by Gasteiger charge is -2.09. The first-order valence-corrected chi connectivity index (χ1v) is 10.5. The number of aromatic nitrogens is 6. The van der Waals surface area contributed by atoms with Crippen molar-refractivity contribution in [1.82, 2.24) is 35.0 Å². The van der Waals surface area contributed by atoms with E-state index in [9.17, 15) is 4.79 Å². The van der Waals surface area contributed by atoms with Crippen LogP contribution < -0.4 is 5.43 Å². The monoisotopic (exact) mass is 432 g/mol. The van der Waals surface area contributed by atoms with Gasteiger partial charge < -0.3 is 0 Å². The summed E-state index contributed by atoms with van der Waals surface area (Å²) >= 11 is 1.29. The smallest absolute Gasteiger partial charge is 0.250 e. The molecule has 9 nitrogen and oxygen atoms in total. The van der Waals surface area contributed by atoms with Crippen LogP contribution in [0.3, 0.4) is 0 Å². The highest BCUT2D eigenvalue weighted by Crippen LogP contribution is 2.27. The van der Waals surface area contributed by atoms with Gasteiger partial charge in [-0.1, -0.05) is 30.0 Å².